The monoisotopic (exact) mass is 808 g/mol. The van der Waals surface area contributed by atoms with Gasteiger partial charge in [0.05, 0.1) is 68.8 Å². The number of phenols is 2. The zero-order valence-corrected chi connectivity index (χ0v) is 35.8. The van der Waals surface area contributed by atoms with Crippen LogP contribution >= 0.6 is 24.1 Å². The summed E-state index contributed by atoms with van der Waals surface area (Å²) in [6.07, 6.45) is 0. The van der Waals surface area contributed by atoms with Crippen LogP contribution in [0.4, 0.5) is 45.5 Å². The van der Waals surface area contributed by atoms with Crippen molar-refractivity contribution in [1.29, 1.82) is 0 Å². The maximum absolute atomic E-state index is 11.2. The minimum atomic E-state index is -0.199. The van der Waals surface area contributed by atoms with E-state index in [9.17, 15) is 20.7 Å². The van der Waals surface area contributed by atoms with Crippen molar-refractivity contribution in [1.82, 2.24) is 0 Å². The number of nitrogens with zero attached hydrogens (tertiary/aromatic N) is 8. The third kappa shape index (κ3) is 12.3. The zero-order valence-electron chi connectivity index (χ0n) is 30.1. The summed E-state index contributed by atoms with van der Waals surface area (Å²) in [6, 6.07) is 30.4. The summed E-state index contributed by atoms with van der Waals surface area (Å²) in [4.78, 5) is 0.926. The Morgan fingerprint density at radius 2 is 0.946 bits per heavy atom. The molecule has 0 spiro atoms. The number of hydrogen-bond donors (Lipinski definition) is 2. The van der Waals surface area contributed by atoms with E-state index in [1.54, 1.807) is 91.0 Å². The summed E-state index contributed by atoms with van der Waals surface area (Å²) in [5.74, 6) is -0.0826. The van der Waals surface area contributed by atoms with Crippen molar-refractivity contribution in [3.05, 3.63) is 120 Å². The average Bonchev–Trinajstić information content (AvgIpc) is 3.19. The molecule has 0 saturated heterocycles. The first-order valence-electron chi connectivity index (χ1n) is 15.6. The van der Waals surface area contributed by atoms with Crippen molar-refractivity contribution in [2.75, 3.05) is 0 Å². The molecule has 20 heteroatoms. The number of benzene rings is 6. The van der Waals surface area contributed by atoms with Crippen LogP contribution in [0.1, 0.15) is 11.1 Å². The number of aromatic hydroxyl groups is 2. The molecule has 0 aliphatic rings. The molecule has 0 heterocycles. The minimum Gasteiger partial charge on any atom is -0.691 e. The second kappa shape index (κ2) is 22.1. The summed E-state index contributed by atoms with van der Waals surface area (Å²) in [6.45, 7) is 3.70. The van der Waals surface area contributed by atoms with Crippen LogP contribution in [0.2, 0.25) is 0 Å². The maximum Gasteiger partial charge on any atom is 1.00 e. The van der Waals surface area contributed by atoms with Crippen molar-refractivity contribution in [2.24, 2.45) is 40.9 Å². The number of rotatable bonds is 14. The second-order valence-electron chi connectivity index (χ2n) is 11.2. The molecule has 0 unspecified atom stereocenters. The first kappa shape index (κ1) is 44.8. The summed E-state index contributed by atoms with van der Waals surface area (Å²) in [5.41, 5.74) is 5.56. The normalized spacial score (nSPS) is 11.6. The van der Waals surface area contributed by atoms with Gasteiger partial charge in [0.15, 0.2) is 5.75 Å². The Bertz CT molecular complexity index is 2370. The first-order chi connectivity index (χ1) is 26.3. The van der Waals surface area contributed by atoms with Crippen molar-refractivity contribution < 1.29 is 98.6 Å². The van der Waals surface area contributed by atoms with Crippen LogP contribution in [0.3, 0.4) is 0 Å². The van der Waals surface area contributed by atoms with Crippen LogP contribution in [0, 0.1) is 13.8 Å². The Morgan fingerprint density at radius 3 is 1.50 bits per heavy atom. The van der Waals surface area contributed by atoms with Gasteiger partial charge in [-0.3, -0.25) is 10.1 Å². The van der Waals surface area contributed by atoms with Gasteiger partial charge >= 0.3 is 59.1 Å². The molecule has 16 nitrogen and oxygen atoms in total. The van der Waals surface area contributed by atoms with E-state index in [-0.39, 0.29) is 81.2 Å². The third-order valence-electron chi connectivity index (χ3n) is 7.49. The van der Waals surface area contributed by atoms with E-state index in [1.165, 1.54) is 12.1 Å². The quantitative estimate of drug-likeness (QED) is 0.0493. The van der Waals surface area contributed by atoms with Crippen LogP contribution in [-0.2, 0) is 18.7 Å². The Hall–Kier alpha value is -3.96. The van der Waals surface area contributed by atoms with E-state index in [0.717, 1.165) is 23.2 Å². The first-order valence-corrected chi connectivity index (χ1v) is 17.1. The van der Waals surface area contributed by atoms with Crippen LogP contribution in [0.15, 0.2) is 160 Å². The summed E-state index contributed by atoms with van der Waals surface area (Å²) < 4.78 is 8.86. The molecule has 0 aliphatic heterocycles. The number of aryl methyl sites for hydroxylation is 2. The van der Waals surface area contributed by atoms with E-state index in [0.29, 0.717) is 67.5 Å². The second-order valence-corrected chi connectivity index (χ2v) is 12.7. The van der Waals surface area contributed by atoms with Gasteiger partial charge in [-0.05, 0) is 140 Å². The molecule has 2 N–H and O–H groups in total. The summed E-state index contributed by atoms with van der Waals surface area (Å²) >= 11 is 1.35. The van der Waals surface area contributed by atoms with Gasteiger partial charge < -0.3 is 20.7 Å². The summed E-state index contributed by atoms with van der Waals surface area (Å²) in [5, 5.41) is 83.6. The SMILES string of the molecule is Cc1cc(N=Nc2c(SOO[O-])cc3cc(N=Nc4ccc(O)cc4)ccc3c2O)c(C)cc1N=Nc1ccc(N=Nc2ccc(SOO[O-])cc2)cc1.[Na+].[Na+]. The van der Waals surface area contributed by atoms with Crippen LogP contribution in [-0.4, -0.2) is 10.2 Å². The number of phenolic OH excluding ortho intramolecular Hbond substituents is 2. The van der Waals surface area contributed by atoms with E-state index >= 15 is 0 Å². The number of fused-ring (bicyclic) bond motifs is 1. The van der Waals surface area contributed by atoms with Gasteiger partial charge in [0.2, 0.25) is 0 Å². The van der Waals surface area contributed by atoms with Gasteiger partial charge in [0.25, 0.3) is 0 Å². The molecule has 272 valence electrons. The molecule has 0 aliphatic carbocycles. The average molecular weight is 809 g/mol. The summed E-state index contributed by atoms with van der Waals surface area (Å²) in [7, 11) is 0. The van der Waals surface area contributed by atoms with Crippen molar-refractivity contribution in [3.63, 3.8) is 0 Å². The Kier molecular flexibility index (Phi) is 17.7. The van der Waals surface area contributed by atoms with Crippen LogP contribution in [0.5, 0.6) is 11.5 Å². The van der Waals surface area contributed by atoms with Gasteiger partial charge in [0.1, 0.15) is 11.4 Å². The Labute approximate surface area is 372 Å². The van der Waals surface area contributed by atoms with E-state index in [1.807, 2.05) is 19.9 Å². The Balaban J connectivity index is 0.00000348. The largest absolute Gasteiger partial charge is 1.00 e. The number of hydrogen-bond acceptors (Lipinski definition) is 18. The fraction of sp³-hybridized carbons (Fsp3) is 0.0556. The molecule has 0 fully saturated rings. The van der Waals surface area contributed by atoms with Gasteiger partial charge in [-0.1, -0.05) is 0 Å². The van der Waals surface area contributed by atoms with Crippen molar-refractivity contribution in [2.45, 2.75) is 23.6 Å². The molecule has 6 rings (SSSR count). The molecule has 6 aromatic rings. The molecule has 0 aromatic heterocycles. The number of azo groups is 4. The van der Waals surface area contributed by atoms with Crippen LogP contribution < -0.4 is 69.6 Å². The smallest absolute Gasteiger partial charge is 0.691 e. The minimum absolute atomic E-state index is 0. The van der Waals surface area contributed by atoms with Crippen molar-refractivity contribution in [3.8, 4) is 11.5 Å². The Morgan fingerprint density at radius 1 is 0.500 bits per heavy atom. The van der Waals surface area contributed by atoms with Crippen LogP contribution in [0.25, 0.3) is 10.8 Å². The van der Waals surface area contributed by atoms with Gasteiger partial charge in [-0.15, -0.1) is 5.11 Å². The van der Waals surface area contributed by atoms with Gasteiger partial charge in [0, 0.05) is 10.3 Å². The molecule has 0 bridgehead atoms. The standard InChI is InChI=1S/C36H28N8O8S2.2Na/c1-21-18-33(22(2)17-32(21)42-40-25-5-3-24(4-6-25)37-38-27-9-14-30(15-10-27)53-51-49-47)43-44-35-34(54-52-50-48)20-23-19-28(11-16-31(23)36(35)46)41-39-26-7-12-29(45)13-8-26;;/h3-20,45-48H,1-2H3;;/q;2*+1/p-2. The van der Waals surface area contributed by atoms with E-state index in [2.05, 4.69) is 59.7 Å². The maximum atomic E-state index is 11.2. The molecule has 0 amide bonds. The molecule has 6 aromatic carbocycles. The van der Waals surface area contributed by atoms with Gasteiger partial charge in [-0.2, -0.15) is 44.5 Å². The van der Waals surface area contributed by atoms with Gasteiger partial charge in [-0.25, -0.2) is 0 Å². The van der Waals surface area contributed by atoms with Crippen molar-refractivity contribution >= 4 is 80.4 Å². The molecular formula is C36H26N8Na2O8S2. The predicted octanol–water partition coefficient (Wildman–Crippen LogP) is 5.00. The fourth-order valence-corrected chi connectivity index (χ4v) is 5.63. The van der Waals surface area contributed by atoms with E-state index in [4.69, 9.17) is 0 Å². The molecular weight excluding hydrogens is 783 g/mol. The topological polar surface area (TPSA) is 222 Å². The molecule has 0 radical (unpaired) electrons. The molecule has 56 heavy (non-hydrogen) atoms. The predicted molar refractivity (Wildman–Crippen MR) is 195 cm³/mol. The van der Waals surface area contributed by atoms with E-state index < -0.39 is 0 Å². The molecule has 0 atom stereocenters. The zero-order chi connectivity index (χ0) is 37.9. The third-order valence-corrected chi connectivity index (χ3v) is 8.69. The fourth-order valence-electron chi connectivity index (χ4n) is 4.79. The molecule has 0 saturated carbocycles.